The van der Waals surface area contributed by atoms with E-state index in [4.69, 9.17) is 16.2 Å². The van der Waals surface area contributed by atoms with Crippen LogP contribution in [0.1, 0.15) is 73.3 Å². The van der Waals surface area contributed by atoms with Crippen LogP contribution in [0.15, 0.2) is 0 Å². The number of ether oxygens (including phenoxy) is 1. The first-order valence-corrected chi connectivity index (χ1v) is 8.66. The lowest BCUT2D eigenvalue weighted by Gasteiger charge is -2.41. The van der Waals surface area contributed by atoms with Crippen molar-refractivity contribution < 1.29 is 14.6 Å². The minimum atomic E-state index is -0.543. The van der Waals surface area contributed by atoms with Gasteiger partial charge in [-0.1, -0.05) is 13.8 Å². The van der Waals surface area contributed by atoms with E-state index in [1.165, 1.54) is 11.3 Å². The Morgan fingerprint density at radius 3 is 2.43 bits per heavy atom. The fourth-order valence-electron chi connectivity index (χ4n) is 3.28. The van der Waals surface area contributed by atoms with Gasteiger partial charge in [0.2, 0.25) is 5.91 Å². The van der Waals surface area contributed by atoms with Crippen molar-refractivity contribution in [2.24, 2.45) is 16.9 Å². The molecular weight excluding hydrogens is 312 g/mol. The molecule has 1 amide bonds. The molecule has 0 bridgehead atoms. The van der Waals surface area contributed by atoms with Crippen LogP contribution < -0.4 is 11.5 Å². The molecule has 1 aliphatic rings. The highest BCUT2D eigenvalue weighted by molar-refractivity contribution is 7.12. The van der Waals surface area contributed by atoms with Gasteiger partial charge in [-0.05, 0) is 33.3 Å². The number of hydrogen-bond acceptors (Lipinski definition) is 5. The summed E-state index contributed by atoms with van der Waals surface area (Å²) < 4.78 is 6.20. The Morgan fingerprint density at radius 1 is 1.39 bits per heavy atom. The number of primary amides is 1. The van der Waals surface area contributed by atoms with E-state index < -0.39 is 23.0 Å². The molecule has 1 unspecified atom stereocenters. The molecule has 1 aliphatic heterocycles. The van der Waals surface area contributed by atoms with Crippen molar-refractivity contribution in [3.05, 3.63) is 20.9 Å². The maximum Gasteiger partial charge on any atom is 0.250 e. The zero-order chi connectivity index (χ0) is 17.8. The molecule has 0 saturated heterocycles. The average Bonchev–Trinajstić information content (AvgIpc) is 2.75. The van der Waals surface area contributed by atoms with Crippen LogP contribution in [0.2, 0.25) is 0 Å². The molecule has 23 heavy (non-hydrogen) atoms. The SMILES string of the molecule is CC1(C)Cc2c(sc(C(N)C(C)(C)CO)c2C(N)=O)C(C)(C)O1. The van der Waals surface area contributed by atoms with E-state index in [0.717, 1.165) is 15.3 Å². The van der Waals surface area contributed by atoms with Crippen LogP contribution in [-0.2, 0) is 16.8 Å². The van der Waals surface area contributed by atoms with Gasteiger partial charge in [0, 0.05) is 27.6 Å². The van der Waals surface area contributed by atoms with Crippen molar-refractivity contribution in [3.63, 3.8) is 0 Å². The molecule has 2 heterocycles. The number of fused-ring (bicyclic) bond motifs is 1. The van der Waals surface area contributed by atoms with Gasteiger partial charge in [-0.3, -0.25) is 4.79 Å². The predicted octanol–water partition coefficient (Wildman–Crippen LogP) is 2.45. The Kier molecular flexibility index (Phi) is 4.44. The summed E-state index contributed by atoms with van der Waals surface area (Å²) in [6.07, 6.45) is 0.618. The Bertz CT molecular complexity index is 632. The first-order valence-electron chi connectivity index (χ1n) is 7.85. The molecule has 2 rings (SSSR count). The Hall–Kier alpha value is -0.950. The van der Waals surface area contributed by atoms with Crippen molar-refractivity contribution in [1.29, 1.82) is 0 Å². The van der Waals surface area contributed by atoms with E-state index in [-0.39, 0.29) is 12.2 Å². The van der Waals surface area contributed by atoms with Gasteiger partial charge in [-0.15, -0.1) is 11.3 Å². The molecule has 0 saturated carbocycles. The van der Waals surface area contributed by atoms with Crippen LogP contribution in [0.25, 0.3) is 0 Å². The number of aliphatic hydroxyl groups excluding tert-OH is 1. The quantitative estimate of drug-likeness (QED) is 0.784. The highest BCUT2D eigenvalue weighted by atomic mass is 32.1. The molecule has 0 spiro atoms. The number of rotatable bonds is 4. The van der Waals surface area contributed by atoms with Crippen LogP contribution in [0.3, 0.4) is 0 Å². The highest BCUT2D eigenvalue weighted by Gasteiger charge is 2.44. The third kappa shape index (κ3) is 3.18. The number of hydrogen-bond donors (Lipinski definition) is 3. The van der Waals surface area contributed by atoms with Crippen molar-refractivity contribution in [2.75, 3.05) is 6.61 Å². The zero-order valence-corrected chi connectivity index (χ0v) is 15.6. The second-order valence-corrected chi connectivity index (χ2v) is 9.24. The van der Waals surface area contributed by atoms with Gasteiger partial charge in [0.25, 0.3) is 0 Å². The van der Waals surface area contributed by atoms with Gasteiger partial charge in [-0.25, -0.2) is 0 Å². The van der Waals surface area contributed by atoms with E-state index in [2.05, 4.69) is 0 Å². The number of carbonyl (C=O) groups excluding carboxylic acids is 1. The Labute approximate surface area is 142 Å². The molecule has 0 radical (unpaired) electrons. The first-order chi connectivity index (χ1) is 10.3. The van der Waals surface area contributed by atoms with Gasteiger partial charge in [0.1, 0.15) is 0 Å². The second-order valence-electron chi connectivity index (χ2n) is 8.19. The summed E-state index contributed by atoms with van der Waals surface area (Å²) in [6, 6.07) is -0.468. The van der Waals surface area contributed by atoms with Crippen LogP contribution in [0, 0.1) is 5.41 Å². The Morgan fingerprint density at radius 2 is 1.96 bits per heavy atom. The first kappa shape index (κ1) is 18.4. The fraction of sp³-hybridized carbons (Fsp3) is 0.706. The molecule has 1 aromatic rings. The molecule has 5 nitrogen and oxygen atoms in total. The second kappa shape index (κ2) is 5.55. The van der Waals surface area contributed by atoms with Gasteiger partial charge in [0.15, 0.2) is 0 Å². The third-order valence-electron chi connectivity index (χ3n) is 4.49. The molecule has 0 fully saturated rings. The molecule has 1 aromatic heterocycles. The standard InChI is InChI=1S/C17H28N2O3S/c1-15(2,8-20)12(18)11-10(14(19)21)9-7-16(3,4)22-17(5,6)13(9)23-11/h12,20H,7-8,18H2,1-6H3,(H2,19,21). The molecule has 0 aromatic carbocycles. The lowest BCUT2D eigenvalue weighted by atomic mass is 9.81. The number of carbonyl (C=O) groups is 1. The topological polar surface area (TPSA) is 98.6 Å². The lowest BCUT2D eigenvalue weighted by molar-refractivity contribution is -0.135. The summed E-state index contributed by atoms with van der Waals surface area (Å²) in [5.74, 6) is -0.463. The number of amides is 1. The van der Waals surface area contributed by atoms with Crippen LogP contribution in [0.4, 0.5) is 0 Å². The van der Waals surface area contributed by atoms with Crippen molar-refractivity contribution in [3.8, 4) is 0 Å². The number of nitrogens with two attached hydrogens (primary N) is 2. The minimum Gasteiger partial charge on any atom is -0.396 e. The molecule has 6 heteroatoms. The van der Waals surface area contributed by atoms with Crippen LogP contribution in [-0.4, -0.2) is 23.2 Å². The van der Waals surface area contributed by atoms with E-state index in [0.29, 0.717) is 12.0 Å². The Balaban J connectivity index is 2.69. The third-order valence-corrected chi connectivity index (χ3v) is 6.11. The monoisotopic (exact) mass is 340 g/mol. The lowest BCUT2D eigenvalue weighted by Crippen LogP contribution is -2.42. The van der Waals surface area contributed by atoms with Crippen molar-refractivity contribution >= 4 is 17.2 Å². The summed E-state index contributed by atoms with van der Waals surface area (Å²) in [5.41, 5.74) is 12.1. The molecule has 1 atom stereocenters. The number of aliphatic hydroxyl groups is 1. The maximum atomic E-state index is 12.2. The number of thiophene rings is 1. The van der Waals surface area contributed by atoms with E-state index in [1.54, 1.807) is 0 Å². The van der Waals surface area contributed by atoms with Gasteiger partial charge in [-0.2, -0.15) is 0 Å². The largest absolute Gasteiger partial charge is 0.396 e. The van der Waals surface area contributed by atoms with Gasteiger partial charge in [0.05, 0.1) is 23.4 Å². The van der Waals surface area contributed by atoms with E-state index in [9.17, 15) is 9.90 Å². The molecule has 0 aliphatic carbocycles. The van der Waals surface area contributed by atoms with Crippen LogP contribution >= 0.6 is 11.3 Å². The van der Waals surface area contributed by atoms with Crippen molar-refractivity contribution in [1.82, 2.24) is 0 Å². The normalized spacial score (nSPS) is 20.9. The predicted molar refractivity (Wildman–Crippen MR) is 92.5 cm³/mol. The van der Waals surface area contributed by atoms with Crippen molar-refractivity contribution in [2.45, 2.75) is 65.2 Å². The summed E-state index contributed by atoms with van der Waals surface area (Å²) in [6.45, 7) is 11.7. The average molecular weight is 340 g/mol. The van der Waals surface area contributed by atoms with Gasteiger partial charge >= 0.3 is 0 Å². The zero-order valence-electron chi connectivity index (χ0n) is 14.8. The molecular formula is C17H28N2O3S. The smallest absolute Gasteiger partial charge is 0.250 e. The molecule has 130 valence electrons. The summed E-state index contributed by atoms with van der Waals surface area (Å²) in [7, 11) is 0. The van der Waals surface area contributed by atoms with Gasteiger partial charge < -0.3 is 21.3 Å². The maximum absolute atomic E-state index is 12.2. The van der Waals surface area contributed by atoms with Crippen LogP contribution in [0.5, 0.6) is 0 Å². The highest BCUT2D eigenvalue weighted by Crippen LogP contribution is 2.49. The summed E-state index contributed by atoms with van der Waals surface area (Å²) >= 11 is 1.49. The van der Waals surface area contributed by atoms with E-state index in [1.807, 2.05) is 41.5 Å². The molecule has 5 N–H and O–H groups in total. The summed E-state index contributed by atoms with van der Waals surface area (Å²) in [5, 5.41) is 9.63. The minimum absolute atomic E-state index is 0.0691. The van der Waals surface area contributed by atoms with E-state index >= 15 is 0 Å². The summed E-state index contributed by atoms with van der Waals surface area (Å²) in [4.78, 5) is 13.9. The fourth-order valence-corrected chi connectivity index (χ4v) is 4.86.